The maximum Gasteiger partial charge on any atom is 0.321 e. The van der Waals surface area contributed by atoms with Crippen molar-refractivity contribution >= 4 is 51.9 Å². The number of carbonyl (C=O) groups excluding carboxylic acids is 1. The molecule has 5 nitrogen and oxygen atoms in total. The van der Waals surface area contributed by atoms with E-state index in [2.05, 4.69) is 27.9 Å². The molecule has 1 unspecified atom stereocenters. The van der Waals surface area contributed by atoms with Gasteiger partial charge in [-0.05, 0) is 47.2 Å². The summed E-state index contributed by atoms with van der Waals surface area (Å²) >= 11 is 8.12. The van der Waals surface area contributed by atoms with Crippen molar-refractivity contribution in [1.29, 1.82) is 0 Å². The van der Waals surface area contributed by atoms with Crippen LogP contribution in [0.1, 0.15) is 6.42 Å². The van der Waals surface area contributed by atoms with Crippen molar-refractivity contribution in [2.75, 3.05) is 18.4 Å². The summed E-state index contributed by atoms with van der Waals surface area (Å²) in [4.78, 5) is 24.3. The molecule has 102 valence electrons. The fourth-order valence-electron chi connectivity index (χ4n) is 1.93. The van der Waals surface area contributed by atoms with Gasteiger partial charge in [0, 0.05) is 16.7 Å². The van der Waals surface area contributed by atoms with Crippen LogP contribution < -0.4 is 5.32 Å². The molecule has 2 N–H and O–H groups in total. The Kier molecular flexibility index (Phi) is 4.51. The van der Waals surface area contributed by atoms with Gasteiger partial charge in [-0.2, -0.15) is 0 Å². The normalized spacial score (nSPS) is 18.4. The Balaban J connectivity index is 2.02. The molecule has 1 saturated heterocycles. The minimum absolute atomic E-state index is 0.239. The SMILES string of the molecule is O=C(O)C1CCN(C(=O)Nc2cc(I)ccc2Cl)C1. The average molecular weight is 395 g/mol. The van der Waals surface area contributed by atoms with Crippen LogP contribution in [0.25, 0.3) is 0 Å². The second-order valence-electron chi connectivity index (χ2n) is 4.32. The molecule has 1 heterocycles. The smallest absolute Gasteiger partial charge is 0.321 e. The van der Waals surface area contributed by atoms with Gasteiger partial charge in [0.1, 0.15) is 0 Å². The Morgan fingerprint density at radius 1 is 1.47 bits per heavy atom. The molecule has 7 heteroatoms. The molecule has 1 aromatic rings. The summed E-state index contributed by atoms with van der Waals surface area (Å²) in [5.74, 6) is -1.33. The number of benzene rings is 1. The van der Waals surface area contributed by atoms with Gasteiger partial charge in [0.25, 0.3) is 0 Å². The molecule has 19 heavy (non-hydrogen) atoms. The number of carboxylic acid groups (broad SMARTS) is 1. The van der Waals surface area contributed by atoms with E-state index in [-0.39, 0.29) is 12.6 Å². The molecule has 2 rings (SSSR count). The van der Waals surface area contributed by atoms with Gasteiger partial charge in [-0.1, -0.05) is 11.6 Å². The van der Waals surface area contributed by atoms with E-state index in [9.17, 15) is 9.59 Å². The van der Waals surface area contributed by atoms with Crippen LogP contribution in [0.4, 0.5) is 10.5 Å². The first-order valence-electron chi connectivity index (χ1n) is 5.71. The first kappa shape index (κ1) is 14.4. The number of aliphatic carboxylic acids is 1. The van der Waals surface area contributed by atoms with E-state index in [0.717, 1.165) is 3.57 Å². The molecule has 0 radical (unpaired) electrons. The Morgan fingerprint density at radius 3 is 2.84 bits per heavy atom. The first-order chi connectivity index (χ1) is 8.97. The Hall–Kier alpha value is -1.02. The Morgan fingerprint density at radius 2 is 2.21 bits per heavy atom. The molecule has 0 bridgehead atoms. The van der Waals surface area contributed by atoms with Crippen LogP contribution in [0.15, 0.2) is 18.2 Å². The average Bonchev–Trinajstić information content (AvgIpc) is 2.83. The van der Waals surface area contributed by atoms with E-state index in [4.69, 9.17) is 16.7 Å². The highest BCUT2D eigenvalue weighted by Gasteiger charge is 2.30. The van der Waals surface area contributed by atoms with E-state index in [1.165, 1.54) is 4.90 Å². The van der Waals surface area contributed by atoms with Gasteiger partial charge in [-0.15, -0.1) is 0 Å². The lowest BCUT2D eigenvalue weighted by Gasteiger charge is -2.17. The third-order valence-electron chi connectivity index (χ3n) is 2.99. The van der Waals surface area contributed by atoms with Crippen molar-refractivity contribution in [3.8, 4) is 0 Å². The zero-order valence-corrected chi connectivity index (χ0v) is 12.8. The van der Waals surface area contributed by atoms with Crippen LogP contribution in [0.3, 0.4) is 0 Å². The minimum Gasteiger partial charge on any atom is -0.481 e. The van der Waals surface area contributed by atoms with Gasteiger partial charge in [0.15, 0.2) is 0 Å². The molecule has 1 aliphatic heterocycles. The molecule has 1 aliphatic rings. The van der Waals surface area contributed by atoms with Crippen molar-refractivity contribution in [3.05, 3.63) is 26.8 Å². The molecule has 1 aromatic carbocycles. The van der Waals surface area contributed by atoms with E-state index in [1.807, 2.05) is 6.07 Å². The number of urea groups is 1. The molecule has 0 aliphatic carbocycles. The van der Waals surface area contributed by atoms with Gasteiger partial charge >= 0.3 is 12.0 Å². The topological polar surface area (TPSA) is 69.6 Å². The summed E-state index contributed by atoms with van der Waals surface area (Å²) in [6.45, 7) is 0.688. The predicted molar refractivity (Wildman–Crippen MR) is 80.5 cm³/mol. The van der Waals surface area contributed by atoms with Crippen molar-refractivity contribution < 1.29 is 14.7 Å². The number of hydrogen-bond acceptors (Lipinski definition) is 2. The van der Waals surface area contributed by atoms with E-state index in [1.54, 1.807) is 12.1 Å². The van der Waals surface area contributed by atoms with E-state index < -0.39 is 11.9 Å². The Bertz CT molecular complexity index is 524. The summed E-state index contributed by atoms with van der Waals surface area (Å²) in [6, 6.07) is 5.01. The van der Waals surface area contributed by atoms with Crippen LogP contribution >= 0.6 is 34.2 Å². The van der Waals surface area contributed by atoms with Crippen LogP contribution in [-0.2, 0) is 4.79 Å². The molecule has 1 atom stereocenters. The lowest BCUT2D eigenvalue weighted by molar-refractivity contribution is -0.141. The van der Waals surface area contributed by atoms with Gasteiger partial charge in [0.2, 0.25) is 0 Å². The van der Waals surface area contributed by atoms with Crippen molar-refractivity contribution in [2.24, 2.45) is 5.92 Å². The number of anilines is 1. The first-order valence-corrected chi connectivity index (χ1v) is 7.17. The van der Waals surface area contributed by atoms with Crippen LogP contribution in [-0.4, -0.2) is 35.1 Å². The molecule has 1 fully saturated rings. The quantitative estimate of drug-likeness (QED) is 0.758. The molecular formula is C12H12ClIN2O3. The van der Waals surface area contributed by atoms with Crippen LogP contribution in [0.2, 0.25) is 5.02 Å². The zero-order chi connectivity index (χ0) is 14.0. The van der Waals surface area contributed by atoms with Crippen LogP contribution in [0.5, 0.6) is 0 Å². The number of carboxylic acids is 1. The second-order valence-corrected chi connectivity index (χ2v) is 5.98. The minimum atomic E-state index is -0.859. The number of nitrogens with one attached hydrogen (secondary N) is 1. The van der Waals surface area contributed by atoms with Crippen molar-refractivity contribution in [2.45, 2.75) is 6.42 Å². The number of halogens is 2. The number of likely N-dealkylation sites (tertiary alicyclic amines) is 1. The van der Waals surface area contributed by atoms with Gasteiger partial charge in [-0.25, -0.2) is 4.79 Å². The number of hydrogen-bond donors (Lipinski definition) is 2. The van der Waals surface area contributed by atoms with Crippen molar-refractivity contribution in [3.63, 3.8) is 0 Å². The summed E-state index contributed by atoms with van der Waals surface area (Å²) in [7, 11) is 0. The summed E-state index contributed by atoms with van der Waals surface area (Å²) in [5.41, 5.74) is 0.539. The van der Waals surface area contributed by atoms with Gasteiger partial charge in [0.05, 0.1) is 16.6 Å². The highest BCUT2D eigenvalue weighted by Crippen LogP contribution is 2.25. The number of carbonyl (C=O) groups is 2. The molecule has 2 amide bonds. The van der Waals surface area contributed by atoms with E-state index in [0.29, 0.717) is 23.7 Å². The number of nitrogens with zero attached hydrogens (tertiary/aromatic N) is 1. The zero-order valence-electron chi connectivity index (χ0n) is 9.90. The number of amides is 2. The molecule has 0 saturated carbocycles. The summed E-state index contributed by atoms with van der Waals surface area (Å²) in [6.07, 6.45) is 0.489. The fourth-order valence-corrected chi connectivity index (χ4v) is 2.59. The maximum absolute atomic E-state index is 12.0. The summed E-state index contributed by atoms with van der Waals surface area (Å²) in [5, 5.41) is 12.1. The number of rotatable bonds is 2. The van der Waals surface area contributed by atoms with Crippen molar-refractivity contribution in [1.82, 2.24) is 4.90 Å². The van der Waals surface area contributed by atoms with Crippen LogP contribution in [0, 0.1) is 9.49 Å². The van der Waals surface area contributed by atoms with E-state index >= 15 is 0 Å². The third kappa shape index (κ3) is 3.50. The molecular weight excluding hydrogens is 383 g/mol. The predicted octanol–water partition coefficient (Wildman–Crippen LogP) is 2.88. The lowest BCUT2D eigenvalue weighted by atomic mass is 10.1. The second kappa shape index (κ2) is 5.96. The largest absolute Gasteiger partial charge is 0.481 e. The van der Waals surface area contributed by atoms with Gasteiger partial charge < -0.3 is 15.3 Å². The maximum atomic E-state index is 12.0. The monoisotopic (exact) mass is 394 g/mol. The summed E-state index contributed by atoms with van der Waals surface area (Å²) < 4.78 is 0.960. The molecule has 0 spiro atoms. The Labute approximate surface area is 129 Å². The highest BCUT2D eigenvalue weighted by atomic mass is 127. The fraction of sp³-hybridized carbons (Fsp3) is 0.333. The lowest BCUT2D eigenvalue weighted by Crippen LogP contribution is -2.33. The van der Waals surface area contributed by atoms with Gasteiger partial charge in [-0.3, -0.25) is 4.79 Å². The molecule has 0 aromatic heterocycles. The highest BCUT2D eigenvalue weighted by molar-refractivity contribution is 14.1. The third-order valence-corrected chi connectivity index (χ3v) is 4.00. The standard InChI is InChI=1S/C12H12ClIN2O3/c13-9-2-1-8(14)5-10(9)15-12(19)16-4-3-7(6-16)11(17)18/h1-2,5,7H,3-4,6H2,(H,15,19)(H,17,18).